The molecule has 0 bridgehead atoms. The van der Waals surface area contributed by atoms with Gasteiger partial charge in [-0.2, -0.15) is 0 Å². The maximum Gasteiger partial charge on any atom is 0.0431 e. The van der Waals surface area contributed by atoms with E-state index in [0.717, 1.165) is 12.8 Å². The summed E-state index contributed by atoms with van der Waals surface area (Å²) >= 11 is 0. The molecule has 0 aliphatic rings. The zero-order valence-corrected chi connectivity index (χ0v) is 10.5. The van der Waals surface area contributed by atoms with E-state index in [9.17, 15) is 0 Å². The van der Waals surface area contributed by atoms with Crippen molar-refractivity contribution >= 4 is 0 Å². The second kappa shape index (κ2) is 9.13. The van der Waals surface area contributed by atoms with Crippen LogP contribution in [0.2, 0.25) is 0 Å². The lowest BCUT2D eigenvalue weighted by molar-refractivity contribution is 0.262. The third-order valence-electron chi connectivity index (χ3n) is 3.17. The van der Waals surface area contributed by atoms with E-state index in [4.69, 9.17) is 10.8 Å². The lowest BCUT2D eigenvalue weighted by Gasteiger charge is -2.28. The molecular weight excluding hydrogens is 188 g/mol. The first-order valence-corrected chi connectivity index (χ1v) is 6.26. The Bertz CT molecular complexity index is 138. The molecule has 3 nitrogen and oxygen atoms in total. The third kappa shape index (κ3) is 6.13. The summed E-state index contributed by atoms with van der Waals surface area (Å²) in [5.41, 5.74) is 5.79. The summed E-state index contributed by atoms with van der Waals surface area (Å²) in [7, 11) is 0. The van der Waals surface area contributed by atoms with Gasteiger partial charge in [0.15, 0.2) is 0 Å². The van der Waals surface area contributed by atoms with Gasteiger partial charge in [-0.3, -0.25) is 0 Å². The van der Waals surface area contributed by atoms with E-state index in [1.54, 1.807) is 0 Å². The number of rotatable bonds is 9. The maximum absolute atomic E-state index is 8.76. The van der Waals surface area contributed by atoms with Gasteiger partial charge in [0.2, 0.25) is 0 Å². The molecule has 0 fully saturated rings. The number of hydrogen-bond donors (Lipinski definition) is 3. The molecule has 0 rings (SSSR count). The molecule has 0 amide bonds. The van der Waals surface area contributed by atoms with Crippen molar-refractivity contribution in [1.29, 1.82) is 0 Å². The van der Waals surface area contributed by atoms with Crippen LogP contribution in [0, 0.1) is 5.92 Å². The molecule has 15 heavy (non-hydrogen) atoms. The van der Waals surface area contributed by atoms with Crippen LogP contribution in [0.5, 0.6) is 0 Å². The summed E-state index contributed by atoms with van der Waals surface area (Å²) in [4.78, 5) is 0. The van der Waals surface area contributed by atoms with E-state index in [0.29, 0.717) is 24.5 Å². The molecule has 0 aromatic carbocycles. The third-order valence-corrected chi connectivity index (χ3v) is 3.17. The molecule has 0 saturated heterocycles. The highest BCUT2D eigenvalue weighted by atomic mass is 16.2. The van der Waals surface area contributed by atoms with Crippen LogP contribution in [0.4, 0.5) is 0 Å². The fourth-order valence-electron chi connectivity index (χ4n) is 2.10. The monoisotopic (exact) mass is 216 g/mol. The standard InChI is InChI=1S/C12H28N2O/c1-4-11(5-2)12(9-13)14-10(3)7-6-8-15/h10-12,14-15H,4-9,13H2,1-3H3. The highest BCUT2D eigenvalue weighted by Gasteiger charge is 2.18. The number of nitrogens with one attached hydrogen (secondary N) is 1. The Morgan fingerprint density at radius 3 is 2.27 bits per heavy atom. The van der Waals surface area contributed by atoms with Crippen LogP contribution in [-0.2, 0) is 0 Å². The summed E-state index contributed by atoms with van der Waals surface area (Å²) in [6.45, 7) is 7.59. The van der Waals surface area contributed by atoms with Gasteiger partial charge in [-0.25, -0.2) is 0 Å². The molecule has 2 unspecified atom stereocenters. The summed E-state index contributed by atoms with van der Waals surface area (Å²) in [5, 5.41) is 12.3. The zero-order chi connectivity index (χ0) is 11.7. The Morgan fingerprint density at radius 1 is 1.27 bits per heavy atom. The Labute approximate surface area is 94.4 Å². The molecule has 4 N–H and O–H groups in total. The van der Waals surface area contributed by atoms with E-state index in [1.807, 2.05) is 0 Å². The van der Waals surface area contributed by atoms with E-state index < -0.39 is 0 Å². The minimum absolute atomic E-state index is 0.282. The number of nitrogens with two attached hydrogens (primary N) is 1. The van der Waals surface area contributed by atoms with Crippen molar-refractivity contribution in [2.75, 3.05) is 13.2 Å². The van der Waals surface area contributed by atoms with Gasteiger partial charge < -0.3 is 16.2 Å². The molecule has 0 aromatic rings. The van der Waals surface area contributed by atoms with Crippen molar-refractivity contribution in [3.8, 4) is 0 Å². The van der Waals surface area contributed by atoms with Gasteiger partial charge in [0.1, 0.15) is 0 Å². The van der Waals surface area contributed by atoms with Crippen LogP contribution in [0.25, 0.3) is 0 Å². The average Bonchev–Trinajstić information content (AvgIpc) is 2.26. The summed E-state index contributed by atoms with van der Waals surface area (Å²) in [5.74, 6) is 0.673. The highest BCUT2D eigenvalue weighted by Crippen LogP contribution is 2.13. The molecule has 0 aliphatic heterocycles. The van der Waals surface area contributed by atoms with Gasteiger partial charge in [-0.05, 0) is 25.7 Å². The Morgan fingerprint density at radius 2 is 1.87 bits per heavy atom. The molecule has 0 spiro atoms. The first-order valence-electron chi connectivity index (χ1n) is 6.26. The molecule has 0 saturated carbocycles. The van der Waals surface area contributed by atoms with Crippen LogP contribution in [0.1, 0.15) is 46.5 Å². The zero-order valence-electron chi connectivity index (χ0n) is 10.5. The molecular formula is C12H28N2O. The van der Waals surface area contributed by atoms with Crippen LogP contribution in [0.3, 0.4) is 0 Å². The van der Waals surface area contributed by atoms with Crippen molar-refractivity contribution in [3.05, 3.63) is 0 Å². The van der Waals surface area contributed by atoms with Gasteiger partial charge in [-0.1, -0.05) is 26.7 Å². The summed E-state index contributed by atoms with van der Waals surface area (Å²) in [6.07, 6.45) is 4.25. The first-order chi connectivity index (χ1) is 7.19. The second-order valence-electron chi connectivity index (χ2n) is 4.35. The van der Waals surface area contributed by atoms with E-state index >= 15 is 0 Å². The van der Waals surface area contributed by atoms with Gasteiger partial charge in [0, 0.05) is 25.2 Å². The topological polar surface area (TPSA) is 58.3 Å². The SMILES string of the molecule is CCC(CC)C(CN)NC(C)CCCO. The molecule has 0 heterocycles. The van der Waals surface area contributed by atoms with E-state index in [2.05, 4.69) is 26.1 Å². The molecule has 0 aliphatic carbocycles. The maximum atomic E-state index is 8.76. The van der Waals surface area contributed by atoms with Crippen molar-refractivity contribution in [2.45, 2.75) is 58.5 Å². The van der Waals surface area contributed by atoms with Crippen molar-refractivity contribution in [3.63, 3.8) is 0 Å². The van der Waals surface area contributed by atoms with Gasteiger partial charge in [-0.15, -0.1) is 0 Å². The van der Waals surface area contributed by atoms with E-state index in [1.165, 1.54) is 12.8 Å². The average molecular weight is 216 g/mol. The number of aliphatic hydroxyl groups is 1. The van der Waals surface area contributed by atoms with E-state index in [-0.39, 0.29) is 6.61 Å². The van der Waals surface area contributed by atoms with Crippen molar-refractivity contribution in [1.82, 2.24) is 5.32 Å². The largest absolute Gasteiger partial charge is 0.396 e. The highest BCUT2D eigenvalue weighted by molar-refractivity contribution is 4.78. The Hall–Kier alpha value is -0.120. The quantitative estimate of drug-likeness (QED) is 0.547. The smallest absolute Gasteiger partial charge is 0.0431 e. The van der Waals surface area contributed by atoms with Gasteiger partial charge in [0.25, 0.3) is 0 Å². The van der Waals surface area contributed by atoms with Crippen molar-refractivity contribution in [2.24, 2.45) is 11.7 Å². The van der Waals surface area contributed by atoms with Crippen LogP contribution >= 0.6 is 0 Å². The van der Waals surface area contributed by atoms with Crippen LogP contribution in [-0.4, -0.2) is 30.3 Å². The predicted octanol–water partition coefficient (Wildman–Crippen LogP) is 1.50. The molecule has 3 heteroatoms. The first kappa shape index (κ1) is 14.9. The second-order valence-corrected chi connectivity index (χ2v) is 4.35. The lowest BCUT2D eigenvalue weighted by Crippen LogP contribution is -2.46. The Kier molecular flexibility index (Phi) is 9.06. The molecule has 0 aromatic heterocycles. The van der Waals surface area contributed by atoms with Gasteiger partial charge >= 0.3 is 0 Å². The van der Waals surface area contributed by atoms with Gasteiger partial charge in [0.05, 0.1) is 0 Å². The minimum Gasteiger partial charge on any atom is -0.396 e. The fraction of sp³-hybridized carbons (Fsp3) is 1.00. The molecule has 92 valence electrons. The van der Waals surface area contributed by atoms with Crippen LogP contribution in [0.15, 0.2) is 0 Å². The summed E-state index contributed by atoms with van der Waals surface area (Å²) < 4.78 is 0. The lowest BCUT2D eigenvalue weighted by atomic mass is 9.93. The summed E-state index contributed by atoms with van der Waals surface area (Å²) in [6, 6.07) is 0.875. The minimum atomic E-state index is 0.282. The molecule has 2 atom stereocenters. The van der Waals surface area contributed by atoms with Crippen LogP contribution < -0.4 is 11.1 Å². The molecule has 0 radical (unpaired) electrons. The number of aliphatic hydroxyl groups excluding tert-OH is 1. The fourth-order valence-corrected chi connectivity index (χ4v) is 2.10. The predicted molar refractivity (Wildman–Crippen MR) is 65.8 cm³/mol. The Balaban J connectivity index is 3.95. The normalized spacial score (nSPS) is 15.6. The van der Waals surface area contributed by atoms with Crippen molar-refractivity contribution < 1.29 is 5.11 Å². The number of hydrogen-bond acceptors (Lipinski definition) is 3.